The lowest BCUT2D eigenvalue weighted by Crippen LogP contribution is -2.65. The maximum atomic E-state index is 14.1. The van der Waals surface area contributed by atoms with E-state index in [1.54, 1.807) is 34.3 Å². The maximum Gasteiger partial charge on any atom is 0.255 e. The number of aliphatic hydroxyl groups is 4. The van der Waals surface area contributed by atoms with Crippen molar-refractivity contribution in [1.29, 1.82) is 0 Å². The van der Waals surface area contributed by atoms with Gasteiger partial charge in [0, 0.05) is 36.8 Å². The van der Waals surface area contributed by atoms with Crippen LogP contribution in [0, 0.1) is 11.8 Å². The Bertz CT molecular complexity index is 1390. The first-order chi connectivity index (χ1) is 18.7. The van der Waals surface area contributed by atoms with Gasteiger partial charge >= 0.3 is 0 Å². The van der Waals surface area contributed by atoms with Crippen LogP contribution in [0.4, 0.5) is 5.69 Å². The molecule has 0 heterocycles. The van der Waals surface area contributed by atoms with E-state index in [1.807, 2.05) is 4.90 Å². The zero-order chi connectivity index (χ0) is 29.5. The van der Waals surface area contributed by atoms with Crippen molar-refractivity contribution < 1.29 is 39.9 Å². The van der Waals surface area contributed by atoms with Gasteiger partial charge in [0.15, 0.2) is 11.4 Å². The first-order valence-electron chi connectivity index (χ1n) is 13.6. The number of aliphatic hydroxyl groups excluding tert-OH is 2. The number of rotatable bonds is 4. The SMILES string of the molecule is CN(C)c1cc(C2(O)CCCCC2)c(O)c2c1C[C@H]1C[C@H]3[C@H](N(C)C)C(=O)C(C(N)=O)=C(O)[C@@]3(O)C(=O)C1=C2O. The van der Waals surface area contributed by atoms with Gasteiger partial charge in [-0.3, -0.25) is 19.3 Å². The number of benzene rings is 1. The van der Waals surface area contributed by atoms with Crippen molar-refractivity contribution in [2.24, 2.45) is 17.6 Å². The number of anilines is 1. The van der Waals surface area contributed by atoms with Crippen LogP contribution in [-0.4, -0.2) is 87.7 Å². The molecule has 0 aliphatic heterocycles. The summed E-state index contributed by atoms with van der Waals surface area (Å²) < 4.78 is 0. The Balaban J connectivity index is 1.76. The van der Waals surface area contributed by atoms with Crippen molar-refractivity contribution in [3.8, 4) is 5.75 Å². The molecule has 216 valence electrons. The topological polar surface area (TPSA) is 185 Å². The van der Waals surface area contributed by atoms with Crippen molar-refractivity contribution in [2.45, 2.75) is 62.2 Å². The van der Waals surface area contributed by atoms with Crippen LogP contribution in [0.15, 0.2) is 23.0 Å². The molecule has 2 fully saturated rings. The molecular weight excluding hydrogens is 518 g/mol. The highest BCUT2D eigenvalue weighted by atomic mass is 16.3. The summed E-state index contributed by atoms with van der Waals surface area (Å²) in [7, 11) is 6.73. The molecule has 11 nitrogen and oxygen atoms in total. The highest BCUT2D eigenvalue weighted by Crippen LogP contribution is 2.55. The molecule has 0 spiro atoms. The summed E-state index contributed by atoms with van der Waals surface area (Å²) in [5, 5.41) is 57.5. The smallest absolute Gasteiger partial charge is 0.255 e. The van der Waals surface area contributed by atoms with E-state index in [1.165, 1.54) is 4.90 Å². The van der Waals surface area contributed by atoms with Gasteiger partial charge < -0.3 is 36.2 Å². The van der Waals surface area contributed by atoms with Crippen LogP contribution in [0.1, 0.15) is 55.2 Å². The van der Waals surface area contributed by atoms with Crippen molar-refractivity contribution in [3.05, 3.63) is 39.7 Å². The van der Waals surface area contributed by atoms with E-state index < -0.39 is 63.6 Å². The number of hydrogen-bond acceptors (Lipinski definition) is 10. The lowest BCUT2D eigenvalue weighted by Gasteiger charge is -2.50. The monoisotopic (exact) mass is 555 g/mol. The molecule has 2 saturated carbocycles. The van der Waals surface area contributed by atoms with Gasteiger partial charge in [0.25, 0.3) is 5.91 Å². The van der Waals surface area contributed by atoms with Gasteiger partial charge in [-0.1, -0.05) is 19.3 Å². The average molecular weight is 556 g/mol. The second-order valence-electron chi connectivity index (χ2n) is 12.1. The predicted molar refractivity (Wildman–Crippen MR) is 146 cm³/mol. The summed E-state index contributed by atoms with van der Waals surface area (Å²) in [6, 6.07) is 0.598. The van der Waals surface area contributed by atoms with E-state index >= 15 is 0 Å². The Morgan fingerprint density at radius 3 is 2.20 bits per heavy atom. The molecular formula is C29H37N3O8. The van der Waals surface area contributed by atoms with Crippen molar-refractivity contribution in [3.63, 3.8) is 0 Å². The van der Waals surface area contributed by atoms with E-state index in [4.69, 9.17) is 5.73 Å². The van der Waals surface area contributed by atoms with Gasteiger partial charge in [0.2, 0.25) is 5.78 Å². The second kappa shape index (κ2) is 9.32. The molecule has 0 unspecified atom stereocenters. The van der Waals surface area contributed by atoms with Crippen molar-refractivity contribution >= 4 is 28.9 Å². The van der Waals surface area contributed by atoms with Gasteiger partial charge in [0.1, 0.15) is 22.8 Å². The third-order valence-corrected chi connectivity index (χ3v) is 9.36. The Labute approximate surface area is 232 Å². The van der Waals surface area contributed by atoms with Gasteiger partial charge in [-0.2, -0.15) is 0 Å². The molecule has 11 heteroatoms. The number of nitrogens with zero attached hydrogens (tertiary/aromatic N) is 2. The van der Waals surface area contributed by atoms with Gasteiger partial charge in [-0.15, -0.1) is 0 Å². The third kappa shape index (κ3) is 3.71. The molecule has 4 aliphatic rings. The molecule has 40 heavy (non-hydrogen) atoms. The number of Topliss-reactive ketones (excluding diaryl/α,β-unsaturated/α-hetero) is 2. The largest absolute Gasteiger partial charge is 0.508 e. The van der Waals surface area contributed by atoms with Gasteiger partial charge in [0.05, 0.1) is 17.2 Å². The zero-order valence-electron chi connectivity index (χ0n) is 23.2. The standard InChI is InChI=1S/C29H37N3O8/c1-31(2)17-12-16(28(39)8-6-5-7-9-28)22(33)19-14(17)10-13-11-15-21(32(3)4)24(35)20(27(30)38)26(37)29(15,40)25(36)18(13)23(19)34/h12-13,15,21,33-34,37,39-40H,5-11H2,1-4H3,(H2,30,38)/t13-,15-,21-,29-/m0/s1. The van der Waals surface area contributed by atoms with Crippen LogP contribution in [0.25, 0.3) is 5.76 Å². The molecule has 4 atom stereocenters. The van der Waals surface area contributed by atoms with E-state index in [9.17, 15) is 39.9 Å². The predicted octanol–water partition coefficient (Wildman–Crippen LogP) is 1.18. The number of amides is 1. The number of phenols is 1. The number of carbonyl (C=O) groups is 3. The summed E-state index contributed by atoms with van der Waals surface area (Å²) in [6.45, 7) is 0. The molecule has 1 amide bonds. The molecule has 0 bridgehead atoms. The summed E-state index contributed by atoms with van der Waals surface area (Å²) in [5.74, 6) is -6.93. The van der Waals surface area contributed by atoms with E-state index in [-0.39, 0.29) is 35.3 Å². The number of hydrogen-bond donors (Lipinski definition) is 6. The third-order valence-electron chi connectivity index (χ3n) is 9.36. The molecule has 0 radical (unpaired) electrons. The van der Waals surface area contributed by atoms with Crippen molar-refractivity contribution in [1.82, 2.24) is 4.90 Å². The average Bonchev–Trinajstić information content (AvgIpc) is 2.86. The Hall–Kier alpha value is -3.41. The fourth-order valence-corrected chi connectivity index (χ4v) is 7.45. The molecule has 5 rings (SSSR count). The minimum atomic E-state index is -2.69. The first-order valence-corrected chi connectivity index (χ1v) is 13.6. The molecule has 0 saturated heterocycles. The minimum Gasteiger partial charge on any atom is -0.508 e. The van der Waals surface area contributed by atoms with Crippen LogP contribution >= 0.6 is 0 Å². The Morgan fingerprint density at radius 1 is 1.02 bits per heavy atom. The maximum absolute atomic E-state index is 14.1. The lowest BCUT2D eigenvalue weighted by molar-refractivity contribution is -0.153. The summed E-state index contributed by atoms with van der Waals surface area (Å²) in [4.78, 5) is 42.8. The number of fused-ring (bicyclic) bond motifs is 3. The van der Waals surface area contributed by atoms with Gasteiger partial charge in [-0.25, -0.2) is 0 Å². The molecule has 1 aromatic carbocycles. The lowest BCUT2D eigenvalue weighted by atomic mass is 9.57. The normalized spacial score (nSPS) is 29.7. The van der Waals surface area contributed by atoms with Crippen LogP contribution in [0.3, 0.4) is 0 Å². The van der Waals surface area contributed by atoms with E-state index in [0.717, 1.165) is 19.3 Å². The fraction of sp³-hybridized carbons (Fsp3) is 0.552. The first kappa shape index (κ1) is 28.1. The van der Waals surface area contributed by atoms with E-state index in [2.05, 4.69) is 0 Å². The van der Waals surface area contributed by atoms with Crippen molar-refractivity contribution in [2.75, 3.05) is 33.1 Å². The number of nitrogens with two attached hydrogens (primary N) is 1. The number of likely N-dealkylation sites (N-methyl/N-ethyl adjacent to an activating group) is 1. The highest BCUT2D eigenvalue weighted by molar-refractivity contribution is 6.24. The number of ketones is 2. The number of primary amides is 1. The quantitative estimate of drug-likeness (QED) is 0.295. The van der Waals surface area contributed by atoms with Crippen LogP contribution in [-0.2, 0) is 26.4 Å². The van der Waals surface area contributed by atoms with E-state index in [0.29, 0.717) is 24.1 Å². The molecule has 1 aromatic rings. The fourth-order valence-electron chi connectivity index (χ4n) is 7.45. The highest BCUT2D eigenvalue weighted by Gasteiger charge is 2.64. The summed E-state index contributed by atoms with van der Waals surface area (Å²) >= 11 is 0. The molecule has 4 aliphatic carbocycles. The molecule has 7 N–H and O–H groups in total. The van der Waals surface area contributed by atoms with Gasteiger partial charge in [-0.05, 0) is 57.3 Å². The second-order valence-corrected chi connectivity index (χ2v) is 12.1. The minimum absolute atomic E-state index is 0.00325. The Kier molecular flexibility index (Phi) is 6.56. The molecule has 0 aromatic heterocycles. The summed E-state index contributed by atoms with van der Waals surface area (Å²) in [6.07, 6.45) is 3.57. The Morgan fingerprint density at radius 2 is 1.65 bits per heavy atom. The number of carbonyl (C=O) groups excluding carboxylic acids is 3. The summed E-state index contributed by atoms with van der Waals surface area (Å²) in [5.41, 5.74) is 1.80. The number of phenolic OH excluding ortho intramolecular Hbond substituents is 1. The van der Waals surface area contributed by atoms with Crippen LogP contribution in [0.5, 0.6) is 5.75 Å². The van der Waals surface area contributed by atoms with Crippen LogP contribution < -0.4 is 10.6 Å². The number of aromatic hydroxyl groups is 1. The van der Waals surface area contributed by atoms with Crippen LogP contribution in [0.2, 0.25) is 0 Å². The zero-order valence-corrected chi connectivity index (χ0v) is 23.2.